The van der Waals surface area contributed by atoms with Crippen LogP contribution in [-0.4, -0.2) is 48.6 Å². The van der Waals surface area contributed by atoms with Gasteiger partial charge in [-0.1, -0.05) is 36.4 Å². The Morgan fingerprint density at radius 1 is 1.06 bits per heavy atom. The highest BCUT2D eigenvalue weighted by Crippen LogP contribution is 2.25. The van der Waals surface area contributed by atoms with Crippen LogP contribution in [0.25, 0.3) is 10.9 Å². The van der Waals surface area contributed by atoms with Gasteiger partial charge in [-0.05, 0) is 63.0 Å². The lowest BCUT2D eigenvalue weighted by molar-refractivity contribution is -0.126. The summed E-state index contributed by atoms with van der Waals surface area (Å²) < 4.78 is 2.33. The Balaban J connectivity index is 1.20. The number of para-hydroxylation sites is 2. The van der Waals surface area contributed by atoms with Gasteiger partial charge in [0.2, 0.25) is 5.91 Å². The van der Waals surface area contributed by atoms with Gasteiger partial charge in [-0.15, -0.1) is 0 Å². The van der Waals surface area contributed by atoms with Gasteiger partial charge >= 0.3 is 0 Å². The summed E-state index contributed by atoms with van der Waals surface area (Å²) >= 11 is 0. The third-order valence-electron chi connectivity index (χ3n) is 6.73. The predicted molar refractivity (Wildman–Crippen MR) is 133 cm³/mol. The highest BCUT2D eigenvalue weighted by Gasteiger charge is 2.25. The Kier molecular flexibility index (Phi) is 7.48. The maximum Gasteiger partial charge on any atom is 0.223 e. The number of carbonyl (C=O) groups is 1. The number of hydrogen-bond acceptors (Lipinski definition) is 3. The summed E-state index contributed by atoms with van der Waals surface area (Å²) in [6.45, 7) is 7.80. The summed E-state index contributed by atoms with van der Waals surface area (Å²) in [7, 11) is 2.10. The van der Waals surface area contributed by atoms with Crippen LogP contribution in [0.15, 0.2) is 60.8 Å². The molecule has 4 rings (SSSR count). The van der Waals surface area contributed by atoms with Crippen LogP contribution in [0.2, 0.25) is 0 Å². The van der Waals surface area contributed by atoms with Crippen LogP contribution in [0, 0.1) is 5.92 Å². The summed E-state index contributed by atoms with van der Waals surface area (Å²) in [5.41, 5.74) is 3.93. The first-order chi connectivity index (χ1) is 15.7. The predicted octanol–water partition coefficient (Wildman–Crippen LogP) is 4.52. The lowest BCUT2D eigenvalue weighted by Gasteiger charge is -2.31. The number of hydrogen-bond donors (Lipinski definition) is 1. The molecular formula is C27H36N4O. The van der Waals surface area contributed by atoms with E-state index >= 15 is 0 Å². The first-order valence-electron chi connectivity index (χ1n) is 12.0. The van der Waals surface area contributed by atoms with E-state index in [1.807, 2.05) is 6.07 Å². The Labute approximate surface area is 192 Å². The Hall–Kier alpha value is -2.79. The molecule has 1 aliphatic heterocycles. The summed E-state index contributed by atoms with van der Waals surface area (Å²) in [6.07, 6.45) is 5.15. The SMILES string of the molecule is CCn1cc(CN2CCC(C(=O)NCCCN(C)c3ccccc3)CC2)c2ccccc21. The summed E-state index contributed by atoms with van der Waals surface area (Å²) in [5, 5.41) is 4.53. The molecule has 2 heterocycles. The van der Waals surface area contributed by atoms with Crippen molar-refractivity contribution in [2.45, 2.75) is 39.3 Å². The zero-order valence-electron chi connectivity index (χ0n) is 19.5. The number of piperidine rings is 1. The molecule has 0 unspecified atom stereocenters. The van der Waals surface area contributed by atoms with E-state index in [2.05, 4.69) is 88.4 Å². The van der Waals surface area contributed by atoms with Crippen molar-refractivity contribution in [3.8, 4) is 0 Å². The molecule has 2 aromatic carbocycles. The van der Waals surface area contributed by atoms with Crippen molar-refractivity contribution in [2.75, 3.05) is 38.1 Å². The molecule has 1 saturated heterocycles. The molecule has 0 spiro atoms. The summed E-state index contributed by atoms with van der Waals surface area (Å²) in [4.78, 5) is 17.4. The van der Waals surface area contributed by atoms with Crippen molar-refractivity contribution >= 4 is 22.5 Å². The number of nitrogens with one attached hydrogen (secondary N) is 1. The van der Waals surface area contributed by atoms with E-state index in [-0.39, 0.29) is 11.8 Å². The van der Waals surface area contributed by atoms with Crippen LogP contribution in [0.4, 0.5) is 5.69 Å². The van der Waals surface area contributed by atoms with Gasteiger partial charge in [-0.3, -0.25) is 9.69 Å². The molecule has 1 fully saturated rings. The number of benzene rings is 2. The van der Waals surface area contributed by atoms with Gasteiger partial charge < -0.3 is 14.8 Å². The highest BCUT2D eigenvalue weighted by molar-refractivity contribution is 5.84. The number of aromatic nitrogens is 1. The third kappa shape index (κ3) is 5.33. The average molecular weight is 433 g/mol. The van der Waals surface area contributed by atoms with E-state index in [0.29, 0.717) is 0 Å². The molecule has 0 bridgehead atoms. The first kappa shape index (κ1) is 22.4. The number of carbonyl (C=O) groups excluding carboxylic acids is 1. The maximum absolute atomic E-state index is 12.6. The monoisotopic (exact) mass is 432 g/mol. The first-order valence-corrected chi connectivity index (χ1v) is 12.0. The molecule has 5 nitrogen and oxygen atoms in total. The minimum atomic E-state index is 0.148. The molecule has 5 heteroatoms. The van der Waals surface area contributed by atoms with E-state index in [1.54, 1.807) is 0 Å². The van der Waals surface area contributed by atoms with Gasteiger partial charge in [-0.2, -0.15) is 0 Å². The number of fused-ring (bicyclic) bond motifs is 1. The average Bonchev–Trinajstić information content (AvgIpc) is 3.20. The smallest absolute Gasteiger partial charge is 0.223 e. The zero-order chi connectivity index (χ0) is 22.3. The van der Waals surface area contributed by atoms with Crippen molar-refractivity contribution in [3.05, 3.63) is 66.4 Å². The molecule has 0 atom stereocenters. The van der Waals surface area contributed by atoms with Crippen molar-refractivity contribution in [1.82, 2.24) is 14.8 Å². The van der Waals surface area contributed by atoms with Gasteiger partial charge in [0, 0.05) is 61.9 Å². The second-order valence-corrected chi connectivity index (χ2v) is 8.91. The lowest BCUT2D eigenvalue weighted by atomic mass is 9.95. The Morgan fingerprint density at radius 3 is 2.53 bits per heavy atom. The third-order valence-corrected chi connectivity index (χ3v) is 6.73. The van der Waals surface area contributed by atoms with E-state index in [0.717, 1.165) is 58.5 Å². The Morgan fingerprint density at radius 2 is 1.78 bits per heavy atom. The molecule has 0 aliphatic carbocycles. The molecule has 1 N–H and O–H groups in total. The largest absolute Gasteiger partial charge is 0.375 e. The molecule has 170 valence electrons. The summed E-state index contributed by atoms with van der Waals surface area (Å²) in [5.74, 6) is 0.379. The van der Waals surface area contributed by atoms with Gasteiger partial charge in [0.15, 0.2) is 0 Å². The number of aryl methyl sites for hydroxylation is 1. The van der Waals surface area contributed by atoms with Gasteiger partial charge in [0.25, 0.3) is 0 Å². The topological polar surface area (TPSA) is 40.5 Å². The van der Waals surface area contributed by atoms with Crippen molar-refractivity contribution in [3.63, 3.8) is 0 Å². The number of nitrogens with zero attached hydrogens (tertiary/aromatic N) is 3. The fourth-order valence-electron chi connectivity index (χ4n) is 4.79. The van der Waals surface area contributed by atoms with Crippen molar-refractivity contribution in [1.29, 1.82) is 0 Å². The molecule has 1 amide bonds. The van der Waals surface area contributed by atoms with E-state index in [4.69, 9.17) is 0 Å². The highest BCUT2D eigenvalue weighted by atomic mass is 16.1. The van der Waals surface area contributed by atoms with Crippen molar-refractivity contribution in [2.24, 2.45) is 5.92 Å². The molecule has 1 aliphatic rings. The molecule has 0 radical (unpaired) electrons. The fraction of sp³-hybridized carbons (Fsp3) is 0.444. The van der Waals surface area contributed by atoms with E-state index in [9.17, 15) is 4.79 Å². The minimum absolute atomic E-state index is 0.148. The van der Waals surface area contributed by atoms with Gasteiger partial charge in [0.05, 0.1) is 0 Å². The zero-order valence-corrected chi connectivity index (χ0v) is 19.5. The quantitative estimate of drug-likeness (QED) is 0.506. The maximum atomic E-state index is 12.6. The van der Waals surface area contributed by atoms with Crippen LogP contribution in [0.3, 0.4) is 0 Å². The van der Waals surface area contributed by atoms with E-state index in [1.165, 1.54) is 22.2 Å². The Bertz CT molecular complexity index is 1000. The van der Waals surface area contributed by atoms with Crippen LogP contribution in [-0.2, 0) is 17.9 Å². The molecule has 1 aromatic heterocycles. The van der Waals surface area contributed by atoms with E-state index < -0.39 is 0 Å². The van der Waals surface area contributed by atoms with Crippen LogP contribution < -0.4 is 10.2 Å². The number of anilines is 1. The van der Waals surface area contributed by atoms with Crippen LogP contribution >= 0.6 is 0 Å². The number of rotatable bonds is 9. The second kappa shape index (κ2) is 10.7. The second-order valence-electron chi connectivity index (χ2n) is 8.91. The standard InChI is InChI=1S/C27H36N4O/c1-3-31-21-23(25-12-7-8-13-26(25)31)20-30-18-14-22(15-19-30)27(32)28-16-9-17-29(2)24-10-5-4-6-11-24/h4-8,10-13,21-22H,3,9,14-20H2,1-2H3,(H,28,32). The number of likely N-dealkylation sites (tertiary alicyclic amines) is 1. The summed E-state index contributed by atoms with van der Waals surface area (Å²) in [6, 6.07) is 19.1. The molecular weight excluding hydrogens is 396 g/mol. The van der Waals surface area contributed by atoms with Crippen LogP contribution in [0.1, 0.15) is 31.7 Å². The number of amides is 1. The van der Waals surface area contributed by atoms with Gasteiger partial charge in [-0.25, -0.2) is 0 Å². The van der Waals surface area contributed by atoms with Crippen molar-refractivity contribution < 1.29 is 4.79 Å². The lowest BCUT2D eigenvalue weighted by Crippen LogP contribution is -2.40. The normalized spacial score (nSPS) is 15.2. The van der Waals surface area contributed by atoms with Gasteiger partial charge in [0.1, 0.15) is 0 Å². The fourth-order valence-corrected chi connectivity index (χ4v) is 4.79. The van der Waals surface area contributed by atoms with Crippen LogP contribution in [0.5, 0.6) is 0 Å². The minimum Gasteiger partial charge on any atom is -0.375 e. The molecule has 3 aromatic rings. The molecule has 0 saturated carbocycles. The molecule has 32 heavy (non-hydrogen) atoms.